The molecule has 0 saturated carbocycles. The van der Waals surface area contributed by atoms with E-state index in [1.54, 1.807) is 14.0 Å². The Balaban J connectivity index is 2.14. The molecule has 0 fully saturated rings. The molecule has 8 heteroatoms. The van der Waals surface area contributed by atoms with E-state index in [0.29, 0.717) is 30.6 Å². The van der Waals surface area contributed by atoms with E-state index >= 15 is 0 Å². The zero-order chi connectivity index (χ0) is 21.1. The van der Waals surface area contributed by atoms with E-state index in [4.69, 9.17) is 0 Å². The van der Waals surface area contributed by atoms with Gasteiger partial charge in [-0.15, -0.1) is 0 Å². The average Bonchev–Trinajstić information content (AvgIpc) is 3.02. The Hall–Kier alpha value is -2.38. The lowest BCUT2D eigenvalue weighted by Gasteiger charge is -2.40. The number of hydrogen-bond acceptors (Lipinski definition) is 4. The highest BCUT2D eigenvalue weighted by Crippen LogP contribution is 2.26. The van der Waals surface area contributed by atoms with Crippen LogP contribution >= 0.6 is 0 Å². The highest BCUT2D eigenvalue weighted by atomic mass is 16.2. The number of nitrogens with one attached hydrogen (secondary N) is 2. The van der Waals surface area contributed by atoms with Crippen LogP contribution in [0.15, 0.2) is 6.07 Å². The first kappa shape index (κ1) is 21.9. The summed E-state index contributed by atoms with van der Waals surface area (Å²) in [5.41, 5.74) is -0.535. The molecule has 0 radical (unpaired) electrons. The fraction of sp³-hybridized carbons (Fsp3) is 0.700. The van der Waals surface area contributed by atoms with Gasteiger partial charge in [-0.3, -0.25) is 19.1 Å². The van der Waals surface area contributed by atoms with Crippen molar-refractivity contribution in [2.24, 2.45) is 11.8 Å². The fourth-order valence-corrected chi connectivity index (χ4v) is 3.07. The Labute approximate surface area is 167 Å². The molecular weight excluding hydrogens is 358 g/mol. The van der Waals surface area contributed by atoms with Gasteiger partial charge in [0.25, 0.3) is 11.8 Å². The van der Waals surface area contributed by atoms with E-state index in [9.17, 15) is 14.4 Å². The second kappa shape index (κ2) is 8.75. The van der Waals surface area contributed by atoms with Crippen LogP contribution in [0.5, 0.6) is 0 Å². The Morgan fingerprint density at radius 2 is 1.71 bits per heavy atom. The molecule has 28 heavy (non-hydrogen) atoms. The first-order valence-corrected chi connectivity index (χ1v) is 9.98. The van der Waals surface area contributed by atoms with Gasteiger partial charge in [0.2, 0.25) is 5.91 Å². The minimum atomic E-state index is -1.06. The third-order valence-corrected chi connectivity index (χ3v) is 5.24. The van der Waals surface area contributed by atoms with Crippen LogP contribution in [-0.4, -0.2) is 58.1 Å². The van der Waals surface area contributed by atoms with E-state index < -0.39 is 5.54 Å². The molecule has 1 atom stereocenters. The van der Waals surface area contributed by atoms with Crippen molar-refractivity contribution in [1.29, 1.82) is 0 Å². The minimum Gasteiger partial charge on any atom is -0.354 e. The fourth-order valence-electron chi connectivity index (χ4n) is 3.07. The monoisotopic (exact) mass is 391 g/mol. The molecule has 8 nitrogen and oxygen atoms in total. The number of fused-ring (bicyclic) bond motifs is 1. The molecule has 0 bridgehead atoms. The number of carbonyl (C=O) groups excluding carboxylic acids is 3. The molecule has 2 heterocycles. The molecular formula is C20H33N5O3. The van der Waals surface area contributed by atoms with Crippen molar-refractivity contribution in [2.45, 2.75) is 59.5 Å². The maximum Gasteiger partial charge on any atom is 0.272 e. The van der Waals surface area contributed by atoms with Crippen LogP contribution in [-0.2, 0) is 11.3 Å². The maximum atomic E-state index is 12.8. The highest BCUT2D eigenvalue weighted by molar-refractivity contribution is 6.01. The summed E-state index contributed by atoms with van der Waals surface area (Å²) in [5.74, 6) is 0.129. The average molecular weight is 392 g/mol. The topological polar surface area (TPSA) is 96.3 Å². The zero-order valence-electron chi connectivity index (χ0n) is 17.8. The number of hydrogen-bond donors (Lipinski definition) is 2. The molecule has 0 aliphatic carbocycles. The van der Waals surface area contributed by atoms with Crippen molar-refractivity contribution in [3.63, 3.8) is 0 Å². The summed E-state index contributed by atoms with van der Waals surface area (Å²) < 4.78 is 1.47. The molecule has 1 aromatic heterocycles. The number of likely N-dealkylation sites (N-methyl/N-ethyl adjacent to an activating group) is 1. The molecule has 1 unspecified atom stereocenters. The van der Waals surface area contributed by atoms with Crippen LogP contribution < -0.4 is 10.6 Å². The van der Waals surface area contributed by atoms with Crippen LogP contribution in [0.2, 0.25) is 0 Å². The lowest BCUT2D eigenvalue weighted by atomic mass is 9.95. The van der Waals surface area contributed by atoms with Crippen molar-refractivity contribution in [1.82, 2.24) is 25.3 Å². The van der Waals surface area contributed by atoms with Gasteiger partial charge in [-0.2, -0.15) is 5.10 Å². The van der Waals surface area contributed by atoms with E-state index in [0.717, 1.165) is 12.8 Å². The molecule has 2 rings (SSSR count). The summed E-state index contributed by atoms with van der Waals surface area (Å²) >= 11 is 0. The summed E-state index contributed by atoms with van der Waals surface area (Å²) in [6, 6.07) is 1.50. The van der Waals surface area contributed by atoms with Gasteiger partial charge in [-0.1, -0.05) is 27.7 Å². The zero-order valence-corrected chi connectivity index (χ0v) is 17.8. The summed E-state index contributed by atoms with van der Waals surface area (Å²) in [4.78, 5) is 39.4. The van der Waals surface area contributed by atoms with Gasteiger partial charge in [-0.05, 0) is 31.6 Å². The lowest BCUT2D eigenvalue weighted by molar-refractivity contribution is -0.132. The Morgan fingerprint density at radius 1 is 1.14 bits per heavy atom. The van der Waals surface area contributed by atoms with Crippen LogP contribution in [0.1, 0.15) is 68.4 Å². The van der Waals surface area contributed by atoms with E-state index in [2.05, 4.69) is 43.4 Å². The quantitative estimate of drug-likeness (QED) is 0.704. The van der Waals surface area contributed by atoms with Crippen molar-refractivity contribution in [3.05, 3.63) is 17.5 Å². The smallest absolute Gasteiger partial charge is 0.272 e. The summed E-state index contributed by atoms with van der Waals surface area (Å²) in [6.07, 6.45) is 1.74. The van der Waals surface area contributed by atoms with Crippen LogP contribution in [0.3, 0.4) is 0 Å². The van der Waals surface area contributed by atoms with Crippen molar-refractivity contribution in [2.75, 3.05) is 20.1 Å². The first-order valence-electron chi connectivity index (χ1n) is 9.98. The van der Waals surface area contributed by atoms with Crippen LogP contribution in [0, 0.1) is 11.8 Å². The van der Waals surface area contributed by atoms with E-state index in [1.165, 1.54) is 15.6 Å². The second-order valence-corrected chi connectivity index (χ2v) is 8.59. The first-order chi connectivity index (χ1) is 13.1. The normalized spacial score (nSPS) is 19.1. The molecule has 1 aliphatic rings. The van der Waals surface area contributed by atoms with Crippen LogP contribution in [0.25, 0.3) is 0 Å². The molecule has 1 aliphatic heterocycles. The van der Waals surface area contributed by atoms with Crippen molar-refractivity contribution in [3.8, 4) is 0 Å². The summed E-state index contributed by atoms with van der Waals surface area (Å²) in [6.45, 7) is 11.4. The number of rotatable bonds is 8. The summed E-state index contributed by atoms with van der Waals surface area (Å²) in [7, 11) is 1.61. The second-order valence-electron chi connectivity index (χ2n) is 8.59. The van der Waals surface area contributed by atoms with E-state index in [1.807, 2.05) is 0 Å². The number of amides is 3. The molecule has 0 aromatic carbocycles. The van der Waals surface area contributed by atoms with Crippen LogP contribution in [0.4, 0.5) is 0 Å². The Morgan fingerprint density at radius 3 is 2.29 bits per heavy atom. The third-order valence-electron chi connectivity index (χ3n) is 5.24. The Bertz CT molecular complexity index is 740. The predicted octanol–water partition coefficient (Wildman–Crippen LogP) is 1.67. The van der Waals surface area contributed by atoms with Gasteiger partial charge in [0.15, 0.2) is 5.69 Å². The van der Waals surface area contributed by atoms with Gasteiger partial charge in [-0.25, -0.2) is 0 Å². The molecule has 1 aromatic rings. The van der Waals surface area contributed by atoms with Gasteiger partial charge < -0.3 is 15.5 Å². The SMILES string of the molecule is CC(C)CCNC(=O)c1cc2n(n1)CC(C)(C(=O)NCCC(C)C)N(C)C2=O. The largest absolute Gasteiger partial charge is 0.354 e. The van der Waals surface area contributed by atoms with Gasteiger partial charge in [0, 0.05) is 26.2 Å². The maximum absolute atomic E-state index is 12.8. The van der Waals surface area contributed by atoms with E-state index in [-0.39, 0.29) is 30.0 Å². The standard InChI is InChI=1S/C20H33N5O3/c1-13(2)7-9-21-17(26)15-11-16-18(27)24(6)20(5,12-25(16)23-15)19(28)22-10-8-14(3)4/h11,13-14H,7-10,12H2,1-6H3,(H,21,26)(H,22,28). The van der Waals surface area contributed by atoms with Crippen molar-refractivity contribution >= 4 is 17.7 Å². The number of carbonyl (C=O) groups is 3. The van der Waals surface area contributed by atoms with Gasteiger partial charge >= 0.3 is 0 Å². The summed E-state index contributed by atoms with van der Waals surface area (Å²) in [5, 5.41) is 10.0. The van der Waals surface area contributed by atoms with Crippen molar-refractivity contribution < 1.29 is 14.4 Å². The van der Waals surface area contributed by atoms with Gasteiger partial charge in [0.05, 0.1) is 6.54 Å². The highest BCUT2D eigenvalue weighted by Gasteiger charge is 2.46. The number of nitrogens with zero attached hydrogens (tertiary/aromatic N) is 3. The predicted molar refractivity (Wildman–Crippen MR) is 107 cm³/mol. The Kier molecular flexibility index (Phi) is 6.85. The molecule has 0 spiro atoms. The molecule has 0 saturated heterocycles. The lowest BCUT2D eigenvalue weighted by Crippen LogP contribution is -2.62. The molecule has 156 valence electrons. The minimum absolute atomic E-state index is 0.199. The third kappa shape index (κ3) is 4.72. The van der Waals surface area contributed by atoms with Gasteiger partial charge in [0.1, 0.15) is 11.2 Å². The number of aromatic nitrogens is 2. The molecule has 3 amide bonds. The molecule has 2 N–H and O–H groups in total.